The van der Waals surface area contributed by atoms with Gasteiger partial charge in [-0.1, -0.05) is 45.6 Å². The molecule has 1 heteroatoms. The maximum atomic E-state index is 3.86. The molecule has 0 atom stereocenters. The largest absolute Gasteiger partial charge is 0.348 e. The molecule has 0 aromatic carbocycles. The maximum absolute atomic E-state index is 3.86. The van der Waals surface area contributed by atoms with Crippen LogP contribution in [-0.2, 0) is 19.4 Å². The van der Waals surface area contributed by atoms with Crippen LogP contribution in [-0.4, -0.2) is 4.57 Å². The van der Waals surface area contributed by atoms with E-state index in [0.29, 0.717) is 0 Å². The van der Waals surface area contributed by atoms with Crippen LogP contribution in [0, 0.1) is 0 Å². The number of hydrogen-bond acceptors (Lipinski definition) is 0. The van der Waals surface area contributed by atoms with Crippen LogP contribution >= 0.6 is 0 Å². The molecule has 18 heavy (non-hydrogen) atoms. The van der Waals surface area contributed by atoms with Gasteiger partial charge in [0, 0.05) is 24.4 Å². The minimum atomic E-state index is 1.000. The lowest BCUT2D eigenvalue weighted by atomic mass is 10.1. The van der Waals surface area contributed by atoms with Gasteiger partial charge in [0.1, 0.15) is 0 Å². The van der Waals surface area contributed by atoms with Gasteiger partial charge in [-0.2, -0.15) is 0 Å². The number of nitrogens with zero attached hydrogens (tertiary/aromatic N) is 1. The normalized spacial score (nSPS) is 10.8. The number of aryl methyl sites for hydroxylation is 1. The molecule has 1 aromatic rings. The van der Waals surface area contributed by atoms with E-state index in [1.165, 1.54) is 62.9 Å². The Kier molecular flexibility index (Phi) is 7.55. The lowest BCUT2D eigenvalue weighted by molar-refractivity contribution is 0.563. The molecule has 1 nitrogen and oxygen atoms in total. The van der Waals surface area contributed by atoms with Gasteiger partial charge >= 0.3 is 0 Å². The highest BCUT2D eigenvalue weighted by atomic mass is 15.0. The second-order valence-corrected chi connectivity index (χ2v) is 5.12. The zero-order valence-electron chi connectivity index (χ0n) is 12.3. The Hall–Kier alpha value is -0.980. The maximum Gasteiger partial charge on any atom is 0.0225 e. The fraction of sp³-hybridized carbons (Fsp3) is 0.647. The summed E-state index contributed by atoms with van der Waals surface area (Å²) >= 11 is 0. The van der Waals surface area contributed by atoms with E-state index in [9.17, 15) is 0 Å². The van der Waals surface area contributed by atoms with Gasteiger partial charge in [-0.15, -0.1) is 6.58 Å². The molecule has 1 heterocycles. The van der Waals surface area contributed by atoms with Crippen LogP contribution in [0.15, 0.2) is 24.8 Å². The van der Waals surface area contributed by atoms with E-state index in [1.54, 1.807) is 0 Å². The fourth-order valence-electron chi connectivity index (χ4n) is 2.46. The van der Waals surface area contributed by atoms with E-state index in [4.69, 9.17) is 0 Å². The first-order chi connectivity index (χ1) is 8.83. The third-order valence-electron chi connectivity index (χ3n) is 3.54. The molecule has 0 unspecified atom stereocenters. The second kappa shape index (κ2) is 9.02. The predicted molar refractivity (Wildman–Crippen MR) is 81.1 cm³/mol. The monoisotopic (exact) mass is 247 g/mol. The molecule has 102 valence electrons. The molecular weight excluding hydrogens is 218 g/mol. The standard InChI is InChI=1S/C17H29N/c1-4-7-9-12-17-14-13-16(11-6-3)18(17)15-10-8-5-2/h6,13-14H,3-5,7-12,15H2,1-2H3. The van der Waals surface area contributed by atoms with Crippen molar-refractivity contribution in [2.75, 3.05) is 0 Å². The van der Waals surface area contributed by atoms with Gasteiger partial charge in [0.2, 0.25) is 0 Å². The number of rotatable bonds is 10. The number of aromatic nitrogens is 1. The van der Waals surface area contributed by atoms with Gasteiger partial charge in [0.15, 0.2) is 0 Å². The zero-order chi connectivity index (χ0) is 13.2. The summed E-state index contributed by atoms with van der Waals surface area (Å²) in [6.45, 7) is 9.58. The van der Waals surface area contributed by atoms with Crippen molar-refractivity contribution in [1.29, 1.82) is 0 Å². The van der Waals surface area contributed by atoms with Crippen molar-refractivity contribution >= 4 is 0 Å². The van der Waals surface area contributed by atoms with Crippen LogP contribution in [0.4, 0.5) is 0 Å². The average Bonchev–Trinajstić information content (AvgIpc) is 2.74. The first-order valence-corrected chi connectivity index (χ1v) is 7.61. The molecule has 0 saturated carbocycles. The number of hydrogen-bond donors (Lipinski definition) is 0. The van der Waals surface area contributed by atoms with E-state index in [1.807, 2.05) is 6.08 Å². The summed E-state index contributed by atoms with van der Waals surface area (Å²) in [4.78, 5) is 0. The topological polar surface area (TPSA) is 4.93 Å². The van der Waals surface area contributed by atoms with E-state index in [2.05, 4.69) is 37.1 Å². The minimum Gasteiger partial charge on any atom is -0.348 e. The van der Waals surface area contributed by atoms with E-state index in [0.717, 1.165) is 6.42 Å². The van der Waals surface area contributed by atoms with Gasteiger partial charge in [0.25, 0.3) is 0 Å². The Bertz CT molecular complexity index is 335. The molecule has 0 radical (unpaired) electrons. The summed E-state index contributed by atoms with van der Waals surface area (Å²) in [5.41, 5.74) is 2.96. The van der Waals surface area contributed by atoms with Crippen LogP contribution in [0.3, 0.4) is 0 Å². The van der Waals surface area contributed by atoms with Crippen molar-refractivity contribution in [3.63, 3.8) is 0 Å². The molecule has 0 saturated heterocycles. The van der Waals surface area contributed by atoms with Crippen molar-refractivity contribution in [2.45, 2.75) is 71.8 Å². The molecule has 0 aliphatic carbocycles. The fourth-order valence-corrected chi connectivity index (χ4v) is 2.46. The lowest BCUT2D eigenvalue weighted by Gasteiger charge is -2.12. The predicted octanol–water partition coefficient (Wildman–Crippen LogP) is 5.14. The number of unbranched alkanes of at least 4 members (excludes halogenated alkanes) is 4. The zero-order valence-corrected chi connectivity index (χ0v) is 12.3. The lowest BCUT2D eigenvalue weighted by Crippen LogP contribution is -2.07. The Morgan fingerprint density at radius 3 is 2.33 bits per heavy atom. The highest BCUT2D eigenvalue weighted by Crippen LogP contribution is 2.15. The summed E-state index contributed by atoms with van der Waals surface area (Å²) in [6.07, 6.45) is 12.1. The molecule has 0 bridgehead atoms. The van der Waals surface area contributed by atoms with Gasteiger partial charge < -0.3 is 4.57 Å². The minimum absolute atomic E-state index is 1.000. The molecule has 0 aliphatic heterocycles. The van der Waals surface area contributed by atoms with Crippen molar-refractivity contribution in [3.8, 4) is 0 Å². The van der Waals surface area contributed by atoms with Crippen LogP contribution in [0.5, 0.6) is 0 Å². The quantitative estimate of drug-likeness (QED) is 0.398. The van der Waals surface area contributed by atoms with Gasteiger partial charge in [-0.25, -0.2) is 0 Å². The van der Waals surface area contributed by atoms with Crippen molar-refractivity contribution < 1.29 is 0 Å². The van der Waals surface area contributed by atoms with Crippen molar-refractivity contribution in [3.05, 3.63) is 36.2 Å². The van der Waals surface area contributed by atoms with Gasteiger partial charge in [-0.05, 0) is 31.4 Å². The Morgan fingerprint density at radius 1 is 1.00 bits per heavy atom. The Labute approximate surface area is 113 Å². The summed E-state index contributed by atoms with van der Waals surface area (Å²) < 4.78 is 2.53. The summed E-state index contributed by atoms with van der Waals surface area (Å²) in [5.74, 6) is 0. The number of allylic oxidation sites excluding steroid dienone is 1. The highest BCUT2D eigenvalue weighted by molar-refractivity contribution is 5.18. The molecule has 0 aliphatic rings. The Balaban J connectivity index is 2.65. The van der Waals surface area contributed by atoms with Crippen LogP contribution in [0.1, 0.15) is 63.8 Å². The summed E-state index contributed by atoms with van der Waals surface area (Å²) in [7, 11) is 0. The molecule has 0 N–H and O–H groups in total. The van der Waals surface area contributed by atoms with Crippen LogP contribution < -0.4 is 0 Å². The van der Waals surface area contributed by atoms with E-state index >= 15 is 0 Å². The third kappa shape index (κ3) is 4.72. The Morgan fingerprint density at radius 2 is 1.67 bits per heavy atom. The highest BCUT2D eigenvalue weighted by Gasteiger charge is 2.06. The molecule has 0 spiro atoms. The molecular formula is C17H29N. The summed E-state index contributed by atoms with van der Waals surface area (Å²) in [5, 5.41) is 0. The van der Waals surface area contributed by atoms with Gasteiger partial charge in [-0.3, -0.25) is 0 Å². The molecule has 1 aromatic heterocycles. The molecule has 0 fully saturated rings. The first kappa shape index (κ1) is 15.1. The van der Waals surface area contributed by atoms with Crippen LogP contribution in [0.2, 0.25) is 0 Å². The van der Waals surface area contributed by atoms with Gasteiger partial charge in [0.05, 0.1) is 0 Å². The SMILES string of the molecule is C=CCc1ccc(CCCCC)n1CCCCC. The second-order valence-electron chi connectivity index (χ2n) is 5.12. The first-order valence-electron chi connectivity index (χ1n) is 7.61. The van der Waals surface area contributed by atoms with Crippen molar-refractivity contribution in [1.82, 2.24) is 4.57 Å². The smallest absolute Gasteiger partial charge is 0.0225 e. The van der Waals surface area contributed by atoms with E-state index < -0.39 is 0 Å². The van der Waals surface area contributed by atoms with Crippen molar-refractivity contribution in [2.24, 2.45) is 0 Å². The molecule has 0 amide bonds. The van der Waals surface area contributed by atoms with Crippen LogP contribution in [0.25, 0.3) is 0 Å². The van der Waals surface area contributed by atoms with E-state index in [-0.39, 0.29) is 0 Å². The molecule has 1 rings (SSSR count). The summed E-state index contributed by atoms with van der Waals surface area (Å²) in [6, 6.07) is 4.61. The average molecular weight is 247 g/mol. The third-order valence-corrected chi connectivity index (χ3v) is 3.54.